The van der Waals surface area contributed by atoms with Gasteiger partial charge in [0.15, 0.2) is 0 Å². The van der Waals surface area contributed by atoms with Gasteiger partial charge in [0.25, 0.3) is 0 Å². The highest BCUT2D eigenvalue weighted by Gasteiger charge is 2.89. The maximum atomic E-state index is 2.87. The summed E-state index contributed by atoms with van der Waals surface area (Å²) in [5.74, 6) is 13.2. The molecule has 0 nitrogen and oxygen atoms in total. The molecule has 0 N–H and O–H groups in total. The molecule has 35 rings (SSSR count). The molecule has 12 aromatic carbocycles. The average Bonchev–Trinajstić information content (AvgIpc) is 4.12. The molecule has 22 unspecified atom stereocenters. The van der Waals surface area contributed by atoms with Gasteiger partial charge in [-0.25, -0.2) is 0 Å². The van der Waals surface area contributed by atoms with Gasteiger partial charge >= 0.3 is 0 Å². The van der Waals surface area contributed by atoms with Gasteiger partial charge in [0, 0.05) is 10.3 Å². The lowest BCUT2D eigenvalue weighted by Crippen LogP contribution is -2.62. The predicted octanol–water partition coefficient (Wildman–Crippen LogP) is 16.0. The number of hydrogen-bond donors (Lipinski definition) is 0. The van der Waals surface area contributed by atoms with Crippen molar-refractivity contribution in [3.05, 3.63) is 153 Å². The summed E-state index contributed by atoms with van der Waals surface area (Å²) in [6, 6.07) is 13.2. The van der Waals surface area contributed by atoms with E-state index < -0.39 is 0 Å². The highest BCUT2D eigenvalue weighted by atomic mass is 32.2. The van der Waals surface area contributed by atoms with Crippen molar-refractivity contribution in [1.82, 2.24) is 0 Å². The second-order valence-corrected chi connectivity index (χ2v) is 31.5. The molecule has 72 heavy (non-hydrogen) atoms. The summed E-state index contributed by atoms with van der Waals surface area (Å²) >= 11 is 2.60. The molecule has 0 bridgehead atoms. The highest BCUT2D eigenvalue weighted by Crippen LogP contribution is 3.01. The molecular weight excluding hydrogens is 885 g/mol. The zero-order chi connectivity index (χ0) is 42.6. The summed E-state index contributed by atoms with van der Waals surface area (Å²) in [7, 11) is 0. The molecule has 318 valence electrons. The second-order valence-electron chi connectivity index (χ2n) is 30.3. The molecule has 1 aliphatic heterocycles. The topological polar surface area (TPSA) is 0 Å². The van der Waals surface area contributed by atoms with E-state index in [4.69, 9.17) is 0 Å². The smallest absolute Gasteiger partial charge is 0.0645 e. The van der Waals surface area contributed by atoms with Crippen molar-refractivity contribution in [3.63, 3.8) is 0 Å². The van der Waals surface area contributed by atoms with Crippen molar-refractivity contribution in [2.45, 2.75) is 129 Å². The molecular formula is C71H28S. The number of hydrogen-bond acceptors (Lipinski definition) is 1. The first kappa shape index (κ1) is 28.5. The minimum Gasteiger partial charge on any atom is -0.112 e. The van der Waals surface area contributed by atoms with Gasteiger partial charge in [-0.3, -0.25) is 0 Å². The standard InChI is InChI=1S/C71H28S/c1-7-2-3-8-4-5-10-69(9(8)6-7)72-71-67-61-55-45-33-25-17-13-11-12-15-19(17)27(33)37-31-23(15)24-16(12)20-18-14(11)22-21(13)29-35(25)43-49-39(29)40-30(22)36-26(18)34-28(20)38-32(24)42-41(31)53(47(37)55)63(67)64-54(42)48(38)56-46(34)52-44(36)50(40)58-57(49)65(59(61)51(43)45)70(10,71)66(58)60(52)62(56)68(64)71/h2-6,13,15,17,19,21,23,29,31,39-42,50,54,58,60,62,64,66,68H,1H3. The van der Waals surface area contributed by atoms with Crippen LogP contribution in [0.25, 0.3) is 108 Å². The maximum absolute atomic E-state index is 2.87. The molecule has 0 aromatic heterocycles. The maximum Gasteiger partial charge on any atom is 0.0645 e. The van der Waals surface area contributed by atoms with Crippen LogP contribution in [0.5, 0.6) is 0 Å². The largest absolute Gasteiger partial charge is 0.112 e. The lowest BCUT2D eigenvalue weighted by Gasteiger charge is -2.65. The van der Waals surface area contributed by atoms with Crippen molar-refractivity contribution in [2.24, 2.45) is 11.8 Å². The van der Waals surface area contributed by atoms with Gasteiger partial charge in [-0.1, -0.05) is 35.9 Å². The first-order chi connectivity index (χ1) is 35.8. The van der Waals surface area contributed by atoms with Gasteiger partial charge in [0.05, 0.1) is 4.75 Å². The Labute approximate surface area is 410 Å². The third-order valence-electron chi connectivity index (χ3n) is 31.3. The summed E-state index contributed by atoms with van der Waals surface area (Å²) in [6.07, 6.45) is 0. The quantitative estimate of drug-likeness (QED) is 0.137. The van der Waals surface area contributed by atoms with Crippen LogP contribution in [0, 0.1) is 18.8 Å². The third-order valence-corrected chi connectivity index (χ3v) is 33.1. The van der Waals surface area contributed by atoms with Crippen LogP contribution in [0.4, 0.5) is 0 Å². The lowest BCUT2D eigenvalue weighted by atomic mass is 9.39. The van der Waals surface area contributed by atoms with E-state index in [-0.39, 0.29) is 10.2 Å². The first-order valence-electron chi connectivity index (χ1n) is 29.2. The van der Waals surface area contributed by atoms with E-state index in [1.165, 1.54) is 10.9 Å². The molecule has 1 heteroatoms. The monoisotopic (exact) mass is 912 g/mol. The van der Waals surface area contributed by atoms with Crippen LogP contribution in [-0.4, -0.2) is 0 Å². The Morgan fingerprint density at radius 2 is 0.653 bits per heavy atom. The van der Waals surface area contributed by atoms with E-state index in [1.807, 2.05) is 203 Å². The van der Waals surface area contributed by atoms with Crippen LogP contribution in [0.3, 0.4) is 0 Å². The number of thioether (sulfide) groups is 1. The van der Waals surface area contributed by atoms with Gasteiger partial charge < -0.3 is 0 Å². The Morgan fingerprint density at radius 3 is 1.14 bits per heavy atom. The average molecular weight is 913 g/mol. The van der Waals surface area contributed by atoms with Crippen LogP contribution >= 0.6 is 11.8 Å². The molecule has 0 saturated heterocycles. The van der Waals surface area contributed by atoms with Crippen molar-refractivity contribution in [3.8, 4) is 11.1 Å². The van der Waals surface area contributed by atoms with Crippen LogP contribution < -0.4 is 0 Å². The molecule has 1 saturated carbocycles. The number of benzene rings is 11. The van der Waals surface area contributed by atoms with Crippen molar-refractivity contribution in [1.29, 1.82) is 0 Å². The Balaban J connectivity index is 1.00. The molecule has 2 spiro atoms. The van der Waals surface area contributed by atoms with Crippen LogP contribution in [-0.2, 0) is 10.2 Å². The molecule has 1 fully saturated rings. The summed E-state index contributed by atoms with van der Waals surface area (Å²) in [4.78, 5) is 1.75. The first-order valence-corrected chi connectivity index (χ1v) is 30.1. The number of aryl methyl sites for hydroxylation is 1. The zero-order valence-electron chi connectivity index (χ0n) is 38.3. The molecule has 1 heterocycles. The molecule has 0 radical (unpaired) electrons. The fraction of sp³-hybridized carbons (Fsp3) is 0.324. The highest BCUT2D eigenvalue weighted by molar-refractivity contribution is 8.01. The van der Waals surface area contributed by atoms with E-state index >= 15 is 0 Å². The summed E-state index contributed by atoms with van der Waals surface area (Å²) in [5.41, 5.74) is 47.8. The van der Waals surface area contributed by atoms with Crippen molar-refractivity contribution < 1.29 is 0 Å². The van der Waals surface area contributed by atoms with Crippen LogP contribution in [0.2, 0.25) is 0 Å². The molecule has 23 aliphatic rings. The Bertz CT molecular complexity index is 5800. The minimum atomic E-state index is -0.00151. The molecule has 0 amide bonds. The Kier molecular flexibility index (Phi) is 2.62. The van der Waals surface area contributed by atoms with Gasteiger partial charge in [-0.05, 0) is 350 Å². The SMILES string of the molecule is Cc1ccc2ccc3c(c2c1)SC12c4c5c6c7c8c9c%10c%11c%12c%13c%14c%15c(c%16c%13c%10c7c4-%16)C31C1C%15C3c4c7c%10c%13c%15c%16c%17c%18c%19c%20c%21c%22c%23c(c4c4c%22c%19c%16c%104)C3C%14C%12C%23C%21C%11C9C%20C%18C8C6C%17C%15C5C2C%13C71. The molecule has 22 atom stereocenters. The number of fused-ring (bicyclic) bond motifs is 3. The fourth-order valence-electron chi connectivity index (χ4n) is 32.7. The van der Waals surface area contributed by atoms with Crippen molar-refractivity contribution >= 4 is 109 Å². The van der Waals surface area contributed by atoms with Crippen molar-refractivity contribution in [2.75, 3.05) is 0 Å². The second kappa shape index (κ2) is 6.62. The lowest BCUT2D eigenvalue weighted by molar-refractivity contribution is 0.0342. The number of rotatable bonds is 0. The van der Waals surface area contributed by atoms with Gasteiger partial charge in [0.2, 0.25) is 0 Å². The van der Waals surface area contributed by atoms with E-state index in [0.29, 0.717) is 118 Å². The van der Waals surface area contributed by atoms with E-state index in [2.05, 4.69) is 60.1 Å². The van der Waals surface area contributed by atoms with Gasteiger partial charge in [0.1, 0.15) is 0 Å². The van der Waals surface area contributed by atoms with Crippen LogP contribution in [0.1, 0.15) is 229 Å². The Morgan fingerprint density at radius 1 is 0.319 bits per heavy atom. The predicted molar refractivity (Wildman–Crippen MR) is 279 cm³/mol. The van der Waals surface area contributed by atoms with E-state index in [9.17, 15) is 0 Å². The summed E-state index contributed by atoms with van der Waals surface area (Å²) in [6.45, 7) is 2.40. The summed E-state index contributed by atoms with van der Waals surface area (Å²) < 4.78 is 0.0287. The molecule has 12 aromatic rings. The fourth-order valence-corrected chi connectivity index (χ4v) is 34.9. The van der Waals surface area contributed by atoms with Gasteiger partial charge in [-0.2, -0.15) is 0 Å². The normalized spacial score (nSPS) is 47.0. The zero-order valence-corrected chi connectivity index (χ0v) is 39.2. The van der Waals surface area contributed by atoms with E-state index in [1.54, 1.807) is 10.3 Å². The summed E-state index contributed by atoms with van der Waals surface area (Å²) in [5, 5.41) is 33.8. The van der Waals surface area contributed by atoms with Gasteiger partial charge in [-0.15, -0.1) is 11.8 Å². The molecule has 22 aliphatic carbocycles. The van der Waals surface area contributed by atoms with E-state index in [0.717, 1.165) is 0 Å². The van der Waals surface area contributed by atoms with Crippen LogP contribution in [0.15, 0.2) is 35.2 Å². The minimum absolute atomic E-state index is 0.00151. The third kappa shape index (κ3) is 1.56. The Hall–Kier alpha value is -5.89.